The first kappa shape index (κ1) is 9.01. The molecule has 2 unspecified atom stereocenters. The summed E-state index contributed by atoms with van der Waals surface area (Å²) in [7, 11) is 0. The minimum atomic E-state index is -0.489. The van der Waals surface area contributed by atoms with E-state index in [0.717, 1.165) is 12.8 Å². The molecular formula is C9H18O2. The van der Waals surface area contributed by atoms with E-state index in [-0.39, 0.29) is 6.61 Å². The van der Waals surface area contributed by atoms with E-state index in [9.17, 15) is 5.11 Å². The molecule has 1 aliphatic rings. The normalized spacial score (nSPS) is 32.2. The quantitative estimate of drug-likeness (QED) is 0.633. The molecule has 0 aromatic heterocycles. The average Bonchev–Trinajstić information content (AvgIpc) is 2.29. The van der Waals surface area contributed by atoms with E-state index < -0.39 is 6.10 Å². The van der Waals surface area contributed by atoms with Gasteiger partial charge in [0.15, 0.2) is 0 Å². The lowest BCUT2D eigenvalue weighted by Gasteiger charge is -2.19. The number of aliphatic hydroxyl groups excluding tert-OH is 2. The molecule has 1 fully saturated rings. The summed E-state index contributed by atoms with van der Waals surface area (Å²) in [6.45, 7) is 4.36. The molecule has 0 aromatic carbocycles. The van der Waals surface area contributed by atoms with Crippen LogP contribution < -0.4 is 0 Å². The maximum absolute atomic E-state index is 9.34. The van der Waals surface area contributed by atoms with Gasteiger partial charge in [-0.3, -0.25) is 0 Å². The molecule has 0 spiro atoms. The second-order valence-electron chi connectivity index (χ2n) is 4.42. The van der Waals surface area contributed by atoms with Gasteiger partial charge in [0.25, 0.3) is 0 Å². The summed E-state index contributed by atoms with van der Waals surface area (Å²) in [5.41, 5.74) is 0.376. The maximum atomic E-state index is 9.34. The Morgan fingerprint density at radius 3 is 2.55 bits per heavy atom. The monoisotopic (exact) mass is 158 g/mol. The zero-order valence-electron chi connectivity index (χ0n) is 7.38. The predicted octanol–water partition coefficient (Wildman–Crippen LogP) is 1.17. The molecule has 1 rings (SSSR count). The predicted molar refractivity (Wildman–Crippen MR) is 44.2 cm³/mol. The van der Waals surface area contributed by atoms with Gasteiger partial charge >= 0.3 is 0 Å². The number of rotatable bonds is 2. The minimum absolute atomic E-state index is 0.0826. The van der Waals surface area contributed by atoms with Gasteiger partial charge < -0.3 is 10.2 Å². The summed E-state index contributed by atoms with van der Waals surface area (Å²) in [6, 6.07) is 0. The van der Waals surface area contributed by atoms with E-state index in [1.165, 1.54) is 6.42 Å². The third kappa shape index (κ3) is 2.17. The summed E-state index contributed by atoms with van der Waals surface area (Å²) in [5, 5.41) is 18.1. The first-order valence-corrected chi connectivity index (χ1v) is 4.34. The zero-order chi connectivity index (χ0) is 8.48. The van der Waals surface area contributed by atoms with Crippen LogP contribution in [0.3, 0.4) is 0 Å². The van der Waals surface area contributed by atoms with Crippen LogP contribution in [0.5, 0.6) is 0 Å². The molecular weight excluding hydrogens is 140 g/mol. The summed E-state index contributed by atoms with van der Waals surface area (Å²) in [4.78, 5) is 0. The maximum Gasteiger partial charge on any atom is 0.0799 e. The molecule has 2 heteroatoms. The van der Waals surface area contributed by atoms with Crippen LogP contribution in [-0.4, -0.2) is 22.9 Å². The molecule has 2 atom stereocenters. The first-order valence-electron chi connectivity index (χ1n) is 4.34. The van der Waals surface area contributed by atoms with Crippen molar-refractivity contribution in [2.45, 2.75) is 39.2 Å². The Morgan fingerprint density at radius 2 is 2.18 bits per heavy atom. The van der Waals surface area contributed by atoms with Crippen LogP contribution in [0.1, 0.15) is 33.1 Å². The summed E-state index contributed by atoms with van der Waals surface area (Å²) in [5.74, 6) is 0.329. The topological polar surface area (TPSA) is 40.5 Å². The average molecular weight is 158 g/mol. The molecule has 0 amide bonds. The summed E-state index contributed by atoms with van der Waals surface area (Å²) >= 11 is 0. The lowest BCUT2D eigenvalue weighted by Crippen LogP contribution is -2.22. The molecule has 0 aliphatic heterocycles. The van der Waals surface area contributed by atoms with Gasteiger partial charge in [-0.1, -0.05) is 13.8 Å². The highest BCUT2D eigenvalue weighted by Crippen LogP contribution is 2.42. The first-order chi connectivity index (χ1) is 5.05. The van der Waals surface area contributed by atoms with Crippen LogP contribution in [0.4, 0.5) is 0 Å². The van der Waals surface area contributed by atoms with Gasteiger partial charge in [0.1, 0.15) is 0 Å². The van der Waals surface area contributed by atoms with E-state index in [4.69, 9.17) is 5.11 Å². The Bertz CT molecular complexity index is 132. The molecule has 0 bridgehead atoms. The van der Waals surface area contributed by atoms with Crippen LogP contribution in [0.2, 0.25) is 0 Å². The Balaban J connectivity index is 2.41. The lowest BCUT2D eigenvalue weighted by atomic mass is 9.89. The molecule has 2 N–H and O–H groups in total. The van der Waals surface area contributed by atoms with E-state index in [1.807, 2.05) is 0 Å². The Kier molecular flexibility index (Phi) is 2.55. The van der Waals surface area contributed by atoms with Crippen LogP contribution >= 0.6 is 0 Å². The highest BCUT2D eigenvalue weighted by molar-refractivity contribution is 4.85. The molecule has 66 valence electrons. The molecule has 1 saturated carbocycles. The smallest absolute Gasteiger partial charge is 0.0799 e. The zero-order valence-corrected chi connectivity index (χ0v) is 7.38. The molecule has 0 aromatic rings. The van der Waals surface area contributed by atoms with Crippen LogP contribution in [0.25, 0.3) is 0 Å². The number of hydrogen-bond donors (Lipinski definition) is 2. The molecule has 0 radical (unpaired) electrons. The van der Waals surface area contributed by atoms with Gasteiger partial charge in [0.05, 0.1) is 12.7 Å². The minimum Gasteiger partial charge on any atom is -0.394 e. The Hall–Kier alpha value is -0.0800. The second-order valence-corrected chi connectivity index (χ2v) is 4.42. The number of hydrogen-bond acceptors (Lipinski definition) is 2. The van der Waals surface area contributed by atoms with Gasteiger partial charge in [-0.15, -0.1) is 0 Å². The molecule has 0 heterocycles. The van der Waals surface area contributed by atoms with E-state index in [0.29, 0.717) is 11.3 Å². The molecule has 0 saturated heterocycles. The largest absolute Gasteiger partial charge is 0.394 e. The fourth-order valence-electron chi connectivity index (χ4n) is 1.97. The van der Waals surface area contributed by atoms with Crippen LogP contribution in [0, 0.1) is 11.3 Å². The standard InChI is InChI=1S/C9H18O2/c1-9(2)4-3-7(5-9)8(11)6-10/h7-8,10-11H,3-6H2,1-2H3. The number of aliphatic hydroxyl groups is 2. The van der Waals surface area contributed by atoms with Crippen molar-refractivity contribution in [3.8, 4) is 0 Å². The van der Waals surface area contributed by atoms with Crippen molar-refractivity contribution >= 4 is 0 Å². The SMILES string of the molecule is CC1(C)CCC(C(O)CO)C1. The highest BCUT2D eigenvalue weighted by atomic mass is 16.3. The highest BCUT2D eigenvalue weighted by Gasteiger charge is 2.34. The van der Waals surface area contributed by atoms with Gasteiger partial charge in [0.2, 0.25) is 0 Å². The van der Waals surface area contributed by atoms with E-state index in [2.05, 4.69) is 13.8 Å². The fourth-order valence-corrected chi connectivity index (χ4v) is 1.97. The summed E-state index contributed by atoms with van der Waals surface area (Å²) < 4.78 is 0. The van der Waals surface area contributed by atoms with Gasteiger partial charge in [-0.25, -0.2) is 0 Å². The Morgan fingerprint density at radius 1 is 1.55 bits per heavy atom. The lowest BCUT2D eigenvalue weighted by molar-refractivity contribution is 0.0457. The van der Waals surface area contributed by atoms with Crippen molar-refractivity contribution in [3.63, 3.8) is 0 Å². The van der Waals surface area contributed by atoms with Gasteiger partial charge in [-0.2, -0.15) is 0 Å². The van der Waals surface area contributed by atoms with Gasteiger partial charge in [-0.05, 0) is 30.6 Å². The van der Waals surface area contributed by atoms with Crippen molar-refractivity contribution in [3.05, 3.63) is 0 Å². The van der Waals surface area contributed by atoms with Crippen molar-refractivity contribution in [2.75, 3.05) is 6.61 Å². The van der Waals surface area contributed by atoms with E-state index >= 15 is 0 Å². The van der Waals surface area contributed by atoms with E-state index in [1.54, 1.807) is 0 Å². The van der Waals surface area contributed by atoms with Crippen molar-refractivity contribution in [1.82, 2.24) is 0 Å². The van der Waals surface area contributed by atoms with Crippen LogP contribution in [-0.2, 0) is 0 Å². The van der Waals surface area contributed by atoms with Crippen molar-refractivity contribution < 1.29 is 10.2 Å². The second kappa shape index (κ2) is 3.11. The molecule has 2 nitrogen and oxygen atoms in total. The molecule has 1 aliphatic carbocycles. The van der Waals surface area contributed by atoms with Crippen molar-refractivity contribution in [2.24, 2.45) is 11.3 Å². The Labute approximate surface area is 68.2 Å². The third-order valence-electron chi connectivity index (χ3n) is 2.74. The molecule has 11 heavy (non-hydrogen) atoms. The van der Waals surface area contributed by atoms with Crippen LogP contribution in [0.15, 0.2) is 0 Å². The van der Waals surface area contributed by atoms with Gasteiger partial charge in [0, 0.05) is 0 Å². The summed E-state index contributed by atoms with van der Waals surface area (Å²) in [6.07, 6.45) is 2.80. The van der Waals surface area contributed by atoms with Crippen molar-refractivity contribution in [1.29, 1.82) is 0 Å². The third-order valence-corrected chi connectivity index (χ3v) is 2.74. The fraction of sp³-hybridized carbons (Fsp3) is 1.00.